The molecule has 8 nitrogen and oxygen atoms in total. The molecule has 1 aliphatic rings. The Morgan fingerprint density at radius 2 is 1.92 bits per heavy atom. The quantitative estimate of drug-likeness (QED) is 0.370. The molecule has 2 aromatic heterocycles. The molecular weight excluding hydrogens is 476 g/mol. The standard InChI is InChI=1S/C27H28N4O4S/c1-18-13-19(14-27(32)30-20-16-29-31(17-20)21-5-3-4-6-21)7-10-25(18)35-26-11-12-28-24-9-8-22(15-23(24)26)36(2,33)34/h7-13,15-17,21H,3-6,14H2,1-2H3,(H,30,32). The van der Waals surface area contributed by atoms with Gasteiger partial charge in [0, 0.05) is 24.0 Å². The summed E-state index contributed by atoms with van der Waals surface area (Å²) in [6, 6.07) is 12.5. The Hall–Kier alpha value is -3.72. The Bertz CT molecular complexity index is 1540. The number of sulfone groups is 1. The minimum absolute atomic E-state index is 0.109. The van der Waals surface area contributed by atoms with Gasteiger partial charge in [0.15, 0.2) is 9.84 Å². The van der Waals surface area contributed by atoms with Gasteiger partial charge in [-0.3, -0.25) is 14.5 Å². The molecule has 9 heteroatoms. The average Bonchev–Trinajstić information content (AvgIpc) is 3.52. The molecule has 1 aliphatic carbocycles. The highest BCUT2D eigenvalue weighted by molar-refractivity contribution is 7.90. The number of rotatable bonds is 7. The van der Waals surface area contributed by atoms with Crippen LogP contribution in [0.2, 0.25) is 0 Å². The van der Waals surface area contributed by atoms with Crippen molar-refractivity contribution < 1.29 is 17.9 Å². The summed E-state index contributed by atoms with van der Waals surface area (Å²) >= 11 is 0. The van der Waals surface area contributed by atoms with E-state index in [0.717, 1.165) is 24.0 Å². The number of carbonyl (C=O) groups excluding carboxylic acids is 1. The number of nitrogens with zero attached hydrogens (tertiary/aromatic N) is 3. The number of amides is 1. The molecular formula is C27H28N4O4S. The summed E-state index contributed by atoms with van der Waals surface area (Å²) < 4.78 is 32.1. The number of fused-ring (bicyclic) bond motifs is 1. The largest absolute Gasteiger partial charge is 0.456 e. The first-order chi connectivity index (χ1) is 17.3. The molecule has 186 valence electrons. The lowest BCUT2D eigenvalue weighted by Gasteiger charge is -2.13. The molecule has 1 amide bonds. The van der Waals surface area contributed by atoms with Crippen molar-refractivity contribution in [2.45, 2.75) is 50.0 Å². The summed E-state index contributed by atoms with van der Waals surface area (Å²) in [6.07, 6.45) is 11.4. The van der Waals surface area contributed by atoms with E-state index in [2.05, 4.69) is 15.4 Å². The van der Waals surface area contributed by atoms with E-state index in [1.165, 1.54) is 19.1 Å². The number of anilines is 1. The Morgan fingerprint density at radius 3 is 2.67 bits per heavy atom. The molecule has 0 radical (unpaired) electrons. The van der Waals surface area contributed by atoms with E-state index in [1.807, 2.05) is 36.0 Å². The molecule has 36 heavy (non-hydrogen) atoms. The summed E-state index contributed by atoms with van der Waals surface area (Å²) in [4.78, 5) is 17.1. The van der Waals surface area contributed by atoms with Crippen LogP contribution in [0.1, 0.15) is 42.9 Å². The highest BCUT2D eigenvalue weighted by Crippen LogP contribution is 2.33. The lowest BCUT2D eigenvalue weighted by Crippen LogP contribution is -2.14. The predicted molar refractivity (Wildman–Crippen MR) is 138 cm³/mol. The first-order valence-corrected chi connectivity index (χ1v) is 13.9. The highest BCUT2D eigenvalue weighted by atomic mass is 32.2. The lowest BCUT2D eigenvalue weighted by molar-refractivity contribution is -0.115. The summed E-state index contributed by atoms with van der Waals surface area (Å²) in [5, 5.41) is 7.96. The van der Waals surface area contributed by atoms with Crippen LogP contribution in [0.3, 0.4) is 0 Å². The molecule has 1 N–H and O–H groups in total. The van der Waals surface area contributed by atoms with Crippen LogP contribution in [-0.2, 0) is 21.1 Å². The third kappa shape index (κ3) is 5.26. The van der Waals surface area contributed by atoms with Gasteiger partial charge in [-0.25, -0.2) is 8.42 Å². The molecule has 2 heterocycles. The molecule has 0 unspecified atom stereocenters. The van der Waals surface area contributed by atoms with Gasteiger partial charge in [-0.05, 0) is 61.2 Å². The van der Waals surface area contributed by atoms with Gasteiger partial charge < -0.3 is 10.1 Å². The molecule has 0 atom stereocenters. The van der Waals surface area contributed by atoms with Crippen LogP contribution in [0.15, 0.2) is 66.0 Å². The summed E-state index contributed by atoms with van der Waals surface area (Å²) in [5.41, 5.74) is 3.07. The van der Waals surface area contributed by atoms with Gasteiger partial charge in [-0.2, -0.15) is 5.10 Å². The zero-order chi connectivity index (χ0) is 25.3. The first kappa shape index (κ1) is 24.0. The monoisotopic (exact) mass is 504 g/mol. The Labute approximate surface area is 210 Å². The zero-order valence-corrected chi connectivity index (χ0v) is 21.1. The van der Waals surface area contributed by atoms with Crippen LogP contribution in [0.4, 0.5) is 5.69 Å². The summed E-state index contributed by atoms with van der Waals surface area (Å²) in [6.45, 7) is 1.91. The second kappa shape index (κ2) is 9.73. The van der Waals surface area contributed by atoms with Crippen LogP contribution in [0.25, 0.3) is 10.9 Å². The summed E-state index contributed by atoms with van der Waals surface area (Å²) in [7, 11) is -3.36. The number of hydrogen-bond donors (Lipinski definition) is 1. The van der Waals surface area contributed by atoms with Crippen LogP contribution < -0.4 is 10.1 Å². The number of nitrogens with one attached hydrogen (secondary N) is 1. The van der Waals surface area contributed by atoms with Crippen molar-refractivity contribution in [3.63, 3.8) is 0 Å². The fourth-order valence-corrected chi connectivity index (χ4v) is 5.28. The SMILES string of the molecule is Cc1cc(CC(=O)Nc2cnn(C3CCCC3)c2)ccc1Oc1ccnc2ccc(S(C)(=O)=O)cc12. The number of hydrogen-bond acceptors (Lipinski definition) is 6. The van der Waals surface area contributed by atoms with Gasteiger partial charge >= 0.3 is 0 Å². The van der Waals surface area contributed by atoms with Crippen LogP contribution in [0, 0.1) is 6.92 Å². The van der Waals surface area contributed by atoms with Crippen molar-refractivity contribution in [2.75, 3.05) is 11.6 Å². The fourth-order valence-electron chi connectivity index (χ4n) is 4.64. The van der Waals surface area contributed by atoms with E-state index < -0.39 is 9.84 Å². The molecule has 2 aromatic carbocycles. The number of aromatic nitrogens is 3. The number of ether oxygens (including phenoxy) is 1. The predicted octanol–water partition coefficient (Wildman–Crippen LogP) is 5.23. The molecule has 0 bridgehead atoms. The molecule has 1 fully saturated rings. The average molecular weight is 505 g/mol. The number of benzene rings is 2. The van der Waals surface area contributed by atoms with Crippen LogP contribution >= 0.6 is 0 Å². The van der Waals surface area contributed by atoms with Gasteiger partial charge in [-0.1, -0.05) is 25.0 Å². The van der Waals surface area contributed by atoms with Gasteiger partial charge in [0.05, 0.1) is 34.8 Å². The van der Waals surface area contributed by atoms with Crippen molar-refractivity contribution in [1.29, 1.82) is 0 Å². The third-order valence-electron chi connectivity index (χ3n) is 6.51. The first-order valence-electron chi connectivity index (χ1n) is 12.0. The lowest BCUT2D eigenvalue weighted by atomic mass is 10.1. The van der Waals surface area contributed by atoms with Crippen molar-refractivity contribution >= 4 is 32.3 Å². The maximum Gasteiger partial charge on any atom is 0.228 e. The van der Waals surface area contributed by atoms with E-state index >= 15 is 0 Å². The molecule has 0 spiro atoms. The van der Waals surface area contributed by atoms with Crippen molar-refractivity contribution in [3.8, 4) is 11.5 Å². The molecule has 1 saturated carbocycles. The summed E-state index contributed by atoms with van der Waals surface area (Å²) in [5.74, 6) is 1.02. The fraction of sp³-hybridized carbons (Fsp3) is 0.296. The van der Waals surface area contributed by atoms with Crippen LogP contribution in [-0.4, -0.2) is 35.3 Å². The second-order valence-electron chi connectivity index (χ2n) is 9.33. The van der Waals surface area contributed by atoms with Gasteiger partial charge in [0.1, 0.15) is 11.5 Å². The maximum atomic E-state index is 12.6. The molecule has 4 aromatic rings. The number of carbonyl (C=O) groups is 1. The molecule has 0 saturated heterocycles. The second-order valence-corrected chi connectivity index (χ2v) is 11.4. The highest BCUT2D eigenvalue weighted by Gasteiger charge is 2.18. The van der Waals surface area contributed by atoms with Gasteiger partial charge in [-0.15, -0.1) is 0 Å². The van der Waals surface area contributed by atoms with E-state index in [-0.39, 0.29) is 17.2 Å². The van der Waals surface area contributed by atoms with Crippen LogP contribution in [0.5, 0.6) is 11.5 Å². The smallest absolute Gasteiger partial charge is 0.228 e. The third-order valence-corrected chi connectivity index (χ3v) is 7.62. The number of pyridine rings is 1. The molecule has 0 aliphatic heterocycles. The van der Waals surface area contributed by atoms with E-state index in [0.29, 0.717) is 34.1 Å². The normalized spacial score (nSPS) is 14.3. The van der Waals surface area contributed by atoms with E-state index in [9.17, 15) is 13.2 Å². The van der Waals surface area contributed by atoms with Gasteiger partial charge in [0.2, 0.25) is 5.91 Å². The van der Waals surface area contributed by atoms with E-state index in [1.54, 1.807) is 36.7 Å². The maximum absolute atomic E-state index is 12.6. The van der Waals surface area contributed by atoms with E-state index in [4.69, 9.17) is 4.74 Å². The van der Waals surface area contributed by atoms with Crippen molar-refractivity contribution in [3.05, 3.63) is 72.2 Å². The Morgan fingerprint density at radius 1 is 1.11 bits per heavy atom. The van der Waals surface area contributed by atoms with Crippen molar-refractivity contribution in [2.24, 2.45) is 0 Å². The van der Waals surface area contributed by atoms with Crippen molar-refractivity contribution in [1.82, 2.24) is 14.8 Å². The Balaban J connectivity index is 1.29. The molecule has 5 rings (SSSR count). The topological polar surface area (TPSA) is 103 Å². The Kier molecular flexibility index (Phi) is 6.49. The van der Waals surface area contributed by atoms with Gasteiger partial charge in [0.25, 0.3) is 0 Å². The minimum atomic E-state index is -3.36. The minimum Gasteiger partial charge on any atom is -0.456 e. The number of aryl methyl sites for hydroxylation is 1. The zero-order valence-electron chi connectivity index (χ0n) is 20.3.